The van der Waals surface area contributed by atoms with E-state index in [9.17, 15) is 18.0 Å². The van der Waals surface area contributed by atoms with Crippen LogP contribution in [0.25, 0.3) is 0 Å². The fourth-order valence-corrected chi connectivity index (χ4v) is 2.35. The maximum absolute atomic E-state index is 12.8. The predicted molar refractivity (Wildman–Crippen MR) is 87.7 cm³/mol. The van der Waals surface area contributed by atoms with Gasteiger partial charge >= 0.3 is 12.2 Å². The van der Waals surface area contributed by atoms with Crippen molar-refractivity contribution in [1.29, 1.82) is 0 Å². The van der Waals surface area contributed by atoms with Crippen LogP contribution in [0.15, 0.2) is 30.9 Å². The predicted octanol–water partition coefficient (Wildman–Crippen LogP) is 4.45. The largest absolute Gasteiger partial charge is 0.417 e. The average molecular weight is 378 g/mol. The monoisotopic (exact) mass is 377 g/mol. The number of carbonyl (C=O) groups excluding carboxylic acids is 1. The number of aromatic nitrogens is 2. The number of urea groups is 1. The van der Waals surface area contributed by atoms with E-state index in [0.717, 1.165) is 23.7 Å². The normalized spacial score (nSPS) is 11.0. The topological polar surface area (TPSA) is 78.9 Å². The first-order valence-corrected chi connectivity index (χ1v) is 7.58. The number of benzene rings is 1. The maximum Gasteiger partial charge on any atom is 0.417 e. The van der Waals surface area contributed by atoms with Crippen molar-refractivity contribution in [2.45, 2.75) is 6.18 Å². The molecule has 0 atom stereocenters. The summed E-state index contributed by atoms with van der Waals surface area (Å²) in [5.41, 5.74) is -1.10. The fraction of sp³-hybridized carbons (Fsp3) is 0.154. The summed E-state index contributed by atoms with van der Waals surface area (Å²) in [6.45, 7) is 4.01. The maximum atomic E-state index is 12.8. The number of carbonyl (C=O) groups is 1. The Balaban J connectivity index is 2.02. The van der Waals surface area contributed by atoms with E-state index >= 15 is 0 Å². The van der Waals surface area contributed by atoms with Crippen LogP contribution in [-0.4, -0.2) is 21.9 Å². The molecule has 0 unspecified atom stereocenters. The van der Waals surface area contributed by atoms with Gasteiger partial charge in [-0.15, -0.1) is 6.58 Å². The van der Waals surface area contributed by atoms with Crippen molar-refractivity contribution in [3.05, 3.63) is 41.4 Å². The van der Waals surface area contributed by atoms with Gasteiger partial charge in [0.25, 0.3) is 0 Å². The summed E-state index contributed by atoms with van der Waals surface area (Å²) in [6.07, 6.45) is -2.99. The van der Waals surface area contributed by atoms with Gasteiger partial charge in [-0.25, -0.2) is 4.79 Å². The van der Waals surface area contributed by atoms with E-state index in [1.165, 1.54) is 6.07 Å². The van der Waals surface area contributed by atoms with Gasteiger partial charge in [0.1, 0.15) is 0 Å². The SMILES string of the molecule is C=CCNc1nc(NC(=O)Nc2ccc(Cl)c(C(F)(F)F)c2)ns1. The number of halogens is 4. The van der Waals surface area contributed by atoms with E-state index < -0.39 is 22.8 Å². The lowest BCUT2D eigenvalue weighted by atomic mass is 10.2. The zero-order chi connectivity index (χ0) is 17.7. The number of anilines is 3. The number of hydrogen-bond acceptors (Lipinski definition) is 5. The second-order valence-electron chi connectivity index (χ2n) is 4.36. The number of nitrogens with zero attached hydrogens (tertiary/aromatic N) is 2. The molecule has 1 heterocycles. The summed E-state index contributed by atoms with van der Waals surface area (Å²) in [5, 5.41) is 7.48. The number of hydrogen-bond donors (Lipinski definition) is 3. The van der Waals surface area contributed by atoms with Crippen molar-refractivity contribution in [3.63, 3.8) is 0 Å². The van der Waals surface area contributed by atoms with Gasteiger partial charge in [-0.05, 0) is 18.2 Å². The Kier molecular flexibility index (Phi) is 5.62. The zero-order valence-electron chi connectivity index (χ0n) is 11.9. The minimum atomic E-state index is -4.62. The summed E-state index contributed by atoms with van der Waals surface area (Å²) in [6, 6.07) is 2.27. The van der Waals surface area contributed by atoms with Crippen molar-refractivity contribution < 1.29 is 18.0 Å². The standard InChI is InChI=1S/C13H11ClF3N5OS/c1-2-5-18-12-21-10(22-24-12)20-11(23)19-7-3-4-9(14)8(6-7)13(15,16)17/h2-4,6H,1,5H2,(H3,18,19,20,21,22,23). The third kappa shape index (κ3) is 4.83. The fourth-order valence-electron chi connectivity index (χ4n) is 1.59. The summed E-state index contributed by atoms with van der Waals surface area (Å²) in [5.74, 6) is 0.0223. The highest BCUT2D eigenvalue weighted by Gasteiger charge is 2.33. The molecule has 128 valence electrons. The smallest absolute Gasteiger partial charge is 0.357 e. The molecule has 0 spiro atoms. The molecule has 0 saturated heterocycles. The molecular formula is C13H11ClF3N5OS. The van der Waals surface area contributed by atoms with Gasteiger partial charge in [0.05, 0.1) is 10.6 Å². The molecule has 0 aliphatic heterocycles. The van der Waals surface area contributed by atoms with Gasteiger partial charge in [-0.2, -0.15) is 22.5 Å². The van der Waals surface area contributed by atoms with Crippen molar-refractivity contribution in [3.8, 4) is 0 Å². The minimum absolute atomic E-state index is 0.0223. The molecule has 0 fully saturated rings. The number of alkyl halides is 3. The number of rotatable bonds is 5. The van der Waals surface area contributed by atoms with Crippen LogP contribution in [-0.2, 0) is 6.18 Å². The lowest BCUT2D eigenvalue weighted by Crippen LogP contribution is -2.20. The molecule has 24 heavy (non-hydrogen) atoms. The van der Waals surface area contributed by atoms with Crippen LogP contribution >= 0.6 is 23.1 Å². The van der Waals surface area contributed by atoms with Crippen molar-refractivity contribution in [2.75, 3.05) is 22.5 Å². The quantitative estimate of drug-likeness (QED) is 0.672. The lowest BCUT2D eigenvalue weighted by Gasteiger charge is -2.11. The van der Waals surface area contributed by atoms with Gasteiger partial charge in [0.15, 0.2) is 0 Å². The molecule has 1 aromatic carbocycles. The van der Waals surface area contributed by atoms with Gasteiger partial charge < -0.3 is 10.6 Å². The molecule has 3 N–H and O–H groups in total. The van der Waals surface area contributed by atoms with Crippen LogP contribution in [0.5, 0.6) is 0 Å². The van der Waals surface area contributed by atoms with Crippen LogP contribution in [0.3, 0.4) is 0 Å². The Bertz CT molecular complexity index is 749. The van der Waals surface area contributed by atoms with Crippen LogP contribution in [0.2, 0.25) is 5.02 Å². The summed E-state index contributed by atoms with van der Waals surface area (Å²) < 4.78 is 42.2. The Morgan fingerprint density at radius 1 is 1.38 bits per heavy atom. The summed E-state index contributed by atoms with van der Waals surface area (Å²) in [4.78, 5) is 15.8. The Morgan fingerprint density at radius 2 is 2.12 bits per heavy atom. The molecule has 0 saturated carbocycles. The minimum Gasteiger partial charge on any atom is -0.357 e. The third-order valence-electron chi connectivity index (χ3n) is 2.58. The van der Waals surface area contributed by atoms with Crippen molar-refractivity contribution >= 4 is 45.9 Å². The van der Waals surface area contributed by atoms with E-state index in [-0.39, 0.29) is 11.6 Å². The molecule has 1 aromatic heterocycles. The number of nitrogens with one attached hydrogen (secondary N) is 3. The lowest BCUT2D eigenvalue weighted by molar-refractivity contribution is -0.137. The van der Waals surface area contributed by atoms with Crippen LogP contribution in [0, 0.1) is 0 Å². The summed E-state index contributed by atoms with van der Waals surface area (Å²) in [7, 11) is 0. The molecule has 2 rings (SSSR count). The second kappa shape index (κ2) is 7.49. The molecule has 11 heteroatoms. The zero-order valence-corrected chi connectivity index (χ0v) is 13.5. The highest BCUT2D eigenvalue weighted by molar-refractivity contribution is 7.09. The van der Waals surface area contributed by atoms with E-state index in [4.69, 9.17) is 11.6 Å². The molecule has 2 amide bonds. The van der Waals surface area contributed by atoms with E-state index in [1.807, 2.05) is 0 Å². The first-order chi connectivity index (χ1) is 11.3. The molecule has 0 aliphatic rings. The van der Waals surface area contributed by atoms with E-state index in [0.29, 0.717) is 11.7 Å². The molecule has 0 radical (unpaired) electrons. The molecule has 0 bridgehead atoms. The average Bonchev–Trinajstić information content (AvgIpc) is 2.93. The summed E-state index contributed by atoms with van der Waals surface area (Å²) >= 11 is 6.53. The van der Waals surface area contributed by atoms with Crippen LogP contribution < -0.4 is 16.0 Å². The van der Waals surface area contributed by atoms with E-state index in [2.05, 4.69) is 31.9 Å². The van der Waals surface area contributed by atoms with Crippen LogP contribution in [0.4, 0.5) is 34.7 Å². The number of amides is 2. The first kappa shape index (κ1) is 18.0. The van der Waals surface area contributed by atoms with E-state index in [1.54, 1.807) is 6.08 Å². The third-order valence-corrected chi connectivity index (χ3v) is 3.58. The molecule has 6 nitrogen and oxygen atoms in total. The molecular weight excluding hydrogens is 367 g/mol. The Labute approximate surface area is 143 Å². The van der Waals surface area contributed by atoms with Crippen molar-refractivity contribution in [2.24, 2.45) is 0 Å². The second-order valence-corrected chi connectivity index (χ2v) is 5.52. The van der Waals surface area contributed by atoms with Gasteiger partial charge in [0.2, 0.25) is 11.1 Å². The molecule has 2 aromatic rings. The van der Waals surface area contributed by atoms with Crippen molar-refractivity contribution in [1.82, 2.24) is 9.36 Å². The Morgan fingerprint density at radius 3 is 2.79 bits per heavy atom. The van der Waals surface area contributed by atoms with Crippen LogP contribution in [0.1, 0.15) is 5.56 Å². The highest BCUT2D eigenvalue weighted by atomic mass is 35.5. The highest BCUT2D eigenvalue weighted by Crippen LogP contribution is 2.36. The first-order valence-electron chi connectivity index (χ1n) is 6.43. The van der Waals surface area contributed by atoms with Gasteiger partial charge in [-0.3, -0.25) is 5.32 Å². The van der Waals surface area contributed by atoms with Gasteiger partial charge in [-0.1, -0.05) is 17.7 Å². The van der Waals surface area contributed by atoms with Gasteiger partial charge in [0, 0.05) is 23.8 Å². The molecule has 0 aliphatic carbocycles. The Hall–Kier alpha value is -2.33.